The highest BCUT2D eigenvalue weighted by Crippen LogP contribution is 2.44. The number of β-lactam (4-membered cyclic amide) rings is 1. The Morgan fingerprint density at radius 3 is 2.26 bits per heavy atom. The molecule has 0 radical (unpaired) electrons. The molecule has 3 aromatic carbocycles. The Kier molecular flexibility index (Phi) is 5.79. The Balaban J connectivity index is 1.76. The highest BCUT2D eigenvalue weighted by atomic mass is 35.5. The lowest BCUT2D eigenvalue weighted by molar-refractivity contribution is -0.135. The van der Waals surface area contributed by atoms with Gasteiger partial charge < -0.3 is 14.2 Å². The first-order valence-electron chi connectivity index (χ1n) is 9.98. The van der Waals surface area contributed by atoms with Crippen LogP contribution < -0.4 is 19.1 Å². The molecule has 1 fully saturated rings. The molecule has 1 aliphatic heterocycles. The summed E-state index contributed by atoms with van der Waals surface area (Å²) < 4.78 is 17.0. The number of amides is 1. The van der Waals surface area contributed by atoms with Crippen LogP contribution in [0.5, 0.6) is 17.2 Å². The molecule has 1 amide bonds. The van der Waals surface area contributed by atoms with Gasteiger partial charge in [0.1, 0.15) is 11.8 Å². The van der Waals surface area contributed by atoms with Gasteiger partial charge >= 0.3 is 0 Å². The summed E-state index contributed by atoms with van der Waals surface area (Å²) in [5.41, 5.74) is 3.53. The summed E-state index contributed by atoms with van der Waals surface area (Å²) in [7, 11) is 3.18. The van der Waals surface area contributed by atoms with Crippen LogP contribution in [0.4, 0.5) is 5.69 Å². The molecular formula is C25H24ClNO4. The molecule has 2 atom stereocenters. The largest absolute Gasteiger partial charge is 0.493 e. The number of ether oxygens (including phenoxy) is 3. The van der Waals surface area contributed by atoms with E-state index in [-0.39, 0.29) is 11.9 Å². The van der Waals surface area contributed by atoms with Crippen LogP contribution in [0.25, 0.3) is 0 Å². The molecular weight excluding hydrogens is 414 g/mol. The van der Waals surface area contributed by atoms with Crippen LogP contribution >= 0.6 is 11.6 Å². The Morgan fingerprint density at radius 2 is 1.58 bits per heavy atom. The maximum atomic E-state index is 13.2. The first-order chi connectivity index (χ1) is 14.9. The molecule has 4 rings (SSSR count). The fraction of sp³-hybridized carbons (Fsp3) is 0.240. The molecule has 0 N–H and O–H groups in total. The van der Waals surface area contributed by atoms with E-state index < -0.39 is 6.10 Å². The number of benzene rings is 3. The second-order valence-corrected chi connectivity index (χ2v) is 7.91. The van der Waals surface area contributed by atoms with Crippen LogP contribution in [0.2, 0.25) is 5.02 Å². The summed E-state index contributed by atoms with van der Waals surface area (Å²) in [4.78, 5) is 15.0. The van der Waals surface area contributed by atoms with Gasteiger partial charge in [-0.1, -0.05) is 41.9 Å². The van der Waals surface area contributed by atoms with Crippen molar-refractivity contribution in [2.75, 3.05) is 19.1 Å². The highest BCUT2D eigenvalue weighted by molar-refractivity contribution is 6.31. The molecule has 0 aliphatic carbocycles. The van der Waals surface area contributed by atoms with Gasteiger partial charge in [-0.2, -0.15) is 0 Å². The normalized spacial score (nSPS) is 17.8. The lowest BCUT2D eigenvalue weighted by Crippen LogP contribution is -2.61. The number of hydrogen-bond donors (Lipinski definition) is 0. The summed E-state index contributed by atoms with van der Waals surface area (Å²) in [5, 5.41) is 0.611. The van der Waals surface area contributed by atoms with Crippen molar-refractivity contribution in [1.82, 2.24) is 0 Å². The lowest BCUT2D eigenvalue weighted by Gasteiger charge is -2.47. The molecule has 0 aromatic heterocycles. The molecule has 5 nitrogen and oxygen atoms in total. The van der Waals surface area contributed by atoms with Gasteiger partial charge in [-0.3, -0.25) is 9.69 Å². The number of hydrogen-bond acceptors (Lipinski definition) is 4. The van der Waals surface area contributed by atoms with Gasteiger partial charge in [0.25, 0.3) is 5.91 Å². The van der Waals surface area contributed by atoms with Gasteiger partial charge in [-0.15, -0.1) is 0 Å². The van der Waals surface area contributed by atoms with Crippen LogP contribution in [0.3, 0.4) is 0 Å². The van der Waals surface area contributed by atoms with Crippen molar-refractivity contribution in [3.05, 3.63) is 82.4 Å². The molecule has 0 spiro atoms. The number of carbonyl (C=O) groups is 1. The van der Waals surface area contributed by atoms with Gasteiger partial charge in [-0.05, 0) is 60.9 Å². The third kappa shape index (κ3) is 3.81. The van der Waals surface area contributed by atoms with E-state index in [0.717, 1.165) is 22.4 Å². The Morgan fingerprint density at radius 1 is 0.839 bits per heavy atom. The maximum absolute atomic E-state index is 13.2. The Bertz CT molecular complexity index is 1130. The van der Waals surface area contributed by atoms with E-state index in [1.54, 1.807) is 19.1 Å². The number of aryl methyl sites for hydroxylation is 2. The number of methoxy groups -OCH3 is 2. The minimum Gasteiger partial charge on any atom is -0.493 e. The number of anilines is 1. The maximum Gasteiger partial charge on any atom is 0.271 e. The summed E-state index contributed by atoms with van der Waals surface area (Å²) >= 11 is 6.35. The minimum atomic E-state index is -0.667. The monoisotopic (exact) mass is 437 g/mol. The van der Waals surface area contributed by atoms with Gasteiger partial charge in [0, 0.05) is 10.7 Å². The molecule has 31 heavy (non-hydrogen) atoms. The van der Waals surface area contributed by atoms with E-state index in [1.165, 1.54) is 0 Å². The zero-order chi connectivity index (χ0) is 22.1. The fourth-order valence-electron chi connectivity index (χ4n) is 3.78. The van der Waals surface area contributed by atoms with E-state index in [2.05, 4.69) is 0 Å². The number of carbonyl (C=O) groups excluding carboxylic acids is 1. The third-order valence-corrected chi connectivity index (χ3v) is 5.98. The Hall–Kier alpha value is -3.18. The zero-order valence-corrected chi connectivity index (χ0v) is 18.6. The lowest BCUT2D eigenvalue weighted by atomic mass is 9.89. The predicted molar refractivity (Wildman–Crippen MR) is 122 cm³/mol. The first-order valence-corrected chi connectivity index (χ1v) is 10.4. The smallest absolute Gasteiger partial charge is 0.271 e. The average Bonchev–Trinajstić information content (AvgIpc) is 2.78. The van der Waals surface area contributed by atoms with Crippen LogP contribution in [-0.4, -0.2) is 26.2 Å². The summed E-state index contributed by atoms with van der Waals surface area (Å²) in [6.45, 7) is 3.89. The molecule has 160 valence electrons. The zero-order valence-electron chi connectivity index (χ0n) is 17.9. The average molecular weight is 438 g/mol. The number of para-hydroxylation sites is 1. The fourth-order valence-corrected chi connectivity index (χ4v) is 3.96. The highest BCUT2D eigenvalue weighted by Gasteiger charge is 2.51. The van der Waals surface area contributed by atoms with Crippen LogP contribution in [0.15, 0.2) is 60.7 Å². The summed E-state index contributed by atoms with van der Waals surface area (Å²) in [5.74, 6) is 1.78. The van der Waals surface area contributed by atoms with Crippen molar-refractivity contribution < 1.29 is 19.0 Å². The molecule has 0 unspecified atom stereocenters. The summed E-state index contributed by atoms with van der Waals surface area (Å²) in [6.07, 6.45) is -0.667. The number of rotatable bonds is 6. The van der Waals surface area contributed by atoms with E-state index in [0.29, 0.717) is 22.3 Å². The van der Waals surface area contributed by atoms with Crippen molar-refractivity contribution in [1.29, 1.82) is 0 Å². The van der Waals surface area contributed by atoms with Gasteiger partial charge in [0.05, 0.1) is 14.2 Å². The van der Waals surface area contributed by atoms with Crippen molar-refractivity contribution in [2.45, 2.75) is 26.0 Å². The van der Waals surface area contributed by atoms with Crippen molar-refractivity contribution in [2.24, 2.45) is 0 Å². The molecule has 6 heteroatoms. The molecule has 1 aliphatic rings. The topological polar surface area (TPSA) is 48.0 Å². The molecule has 1 saturated heterocycles. The van der Waals surface area contributed by atoms with E-state index in [1.807, 2.05) is 74.5 Å². The third-order valence-electron chi connectivity index (χ3n) is 5.58. The van der Waals surface area contributed by atoms with Crippen LogP contribution in [-0.2, 0) is 4.79 Å². The van der Waals surface area contributed by atoms with Crippen LogP contribution in [0, 0.1) is 13.8 Å². The van der Waals surface area contributed by atoms with Crippen molar-refractivity contribution in [3.8, 4) is 17.2 Å². The number of nitrogens with zero attached hydrogens (tertiary/aromatic N) is 1. The SMILES string of the molecule is COc1ccc([C@@H]2[C@H](Oc3ccccc3C)C(=O)N2c2ccc(C)c(Cl)c2)cc1OC. The van der Waals surface area contributed by atoms with E-state index in [9.17, 15) is 4.79 Å². The second kappa shape index (κ2) is 8.52. The molecule has 3 aromatic rings. The van der Waals surface area contributed by atoms with Crippen LogP contribution in [0.1, 0.15) is 22.7 Å². The number of halogens is 1. The summed E-state index contributed by atoms with van der Waals surface area (Å²) in [6, 6.07) is 18.6. The van der Waals surface area contributed by atoms with E-state index >= 15 is 0 Å². The predicted octanol–water partition coefficient (Wildman–Crippen LogP) is 5.51. The van der Waals surface area contributed by atoms with E-state index in [4.69, 9.17) is 25.8 Å². The quantitative estimate of drug-likeness (QED) is 0.477. The van der Waals surface area contributed by atoms with Gasteiger partial charge in [-0.25, -0.2) is 0 Å². The Labute approximate surface area is 187 Å². The van der Waals surface area contributed by atoms with Gasteiger partial charge in [0.15, 0.2) is 11.5 Å². The van der Waals surface area contributed by atoms with Crippen molar-refractivity contribution >= 4 is 23.2 Å². The second-order valence-electron chi connectivity index (χ2n) is 7.50. The molecule has 0 saturated carbocycles. The van der Waals surface area contributed by atoms with Crippen molar-refractivity contribution in [3.63, 3.8) is 0 Å². The standard InChI is InChI=1S/C25H24ClNO4/c1-15-9-11-18(14-19(15)26)27-23(17-10-12-21(29-3)22(13-17)30-4)24(25(27)28)31-20-8-6-5-7-16(20)2/h5-14,23-24H,1-4H3/t23-,24+/m1/s1. The first kappa shape index (κ1) is 21.1. The van der Waals surface area contributed by atoms with Gasteiger partial charge in [0.2, 0.25) is 6.10 Å². The molecule has 0 bridgehead atoms. The molecule has 1 heterocycles. The minimum absolute atomic E-state index is 0.122.